The molecule has 1 heterocycles. The third kappa shape index (κ3) is 5.40. The Morgan fingerprint density at radius 3 is 2.43 bits per heavy atom. The molecule has 0 bridgehead atoms. The predicted octanol–water partition coefficient (Wildman–Crippen LogP) is 2.93. The van der Waals surface area contributed by atoms with Gasteiger partial charge >= 0.3 is 6.36 Å². The standard InChI is InChI=1S/C14H18F4N2O2.ClH/c1-21-13-8-10(22-14(16,17)18)2-3-11(13)12(9-15)20-6-4-19-5-7-20;/h2-3,8,12,19H,4-7,9H2,1H3;1H/t12-;/m1./s1. The monoisotopic (exact) mass is 358 g/mol. The smallest absolute Gasteiger partial charge is 0.496 e. The lowest BCUT2D eigenvalue weighted by Gasteiger charge is -2.34. The molecule has 0 radical (unpaired) electrons. The van der Waals surface area contributed by atoms with Crippen molar-refractivity contribution in [2.45, 2.75) is 12.4 Å². The molecule has 1 saturated heterocycles. The molecule has 1 aliphatic rings. The molecule has 1 atom stereocenters. The molecule has 9 heteroatoms. The molecular weight excluding hydrogens is 340 g/mol. The number of benzene rings is 1. The second-order valence-corrected chi connectivity index (χ2v) is 4.91. The van der Waals surface area contributed by atoms with Crippen molar-refractivity contribution in [1.29, 1.82) is 0 Å². The topological polar surface area (TPSA) is 33.7 Å². The summed E-state index contributed by atoms with van der Waals surface area (Å²) in [6.07, 6.45) is -4.77. The van der Waals surface area contributed by atoms with E-state index in [1.54, 1.807) is 0 Å². The molecule has 1 N–H and O–H groups in total. The van der Waals surface area contributed by atoms with E-state index in [1.807, 2.05) is 4.90 Å². The lowest BCUT2D eigenvalue weighted by atomic mass is 10.0. The Bertz CT molecular complexity index is 496. The number of piperazine rings is 1. The third-order valence-electron chi connectivity index (χ3n) is 3.54. The van der Waals surface area contributed by atoms with Crippen molar-refractivity contribution in [2.24, 2.45) is 0 Å². The summed E-state index contributed by atoms with van der Waals surface area (Å²) >= 11 is 0. The quantitative estimate of drug-likeness (QED) is 0.821. The predicted molar refractivity (Wildman–Crippen MR) is 80.1 cm³/mol. The number of halogens is 5. The molecule has 0 aliphatic carbocycles. The van der Waals surface area contributed by atoms with E-state index >= 15 is 0 Å². The first-order valence-electron chi connectivity index (χ1n) is 6.89. The van der Waals surface area contributed by atoms with E-state index in [0.717, 1.165) is 19.2 Å². The van der Waals surface area contributed by atoms with Crippen molar-refractivity contribution < 1.29 is 27.0 Å². The van der Waals surface area contributed by atoms with Crippen LogP contribution in [0.5, 0.6) is 11.5 Å². The lowest BCUT2D eigenvalue weighted by molar-refractivity contribution is -0.274. The van der Waals surface area contributed by atoms with E-state index in [-0.39, 0.29) is 23.9 Å². The molecule has 4 nitrogen and oxygen atoms in total. The Morgan fingerprint density at radius 1 is 1.26 bits per heavy atom. The summed E-state index contributed by atoms with van der Waals surface area (Å²) in [5.41, 5.74) is 0.515. The largest absolute Gasteiger partial charge is 0.573 e. The van der Waals surface area contributed by atoms with Gasteiger partial charge in [-0.3, -0.25) is 4.90 Å². The van der Waals surface area contributed by atoms with Gasteiger partial charge in [-0.15, -0.1) is 25.6 Å². The molecule has 1 aliphatic heterocycles. The zero-order valence-electron chi connectivity index (χ0n) is 12.5. The Hall–Kier alpha value is -1.25. The minimum atomic E-state index is -4.77. The summed E-state index contributed by atoms with van der Waals surface area (Å²) in [5.74, 6) is -0.200. The van der Waals surface area contributed by atoms with Gasteiger partial charge < -0.3 is 14.8 Å². The maximum Gasteiger partial charge on any atom is 0.573 e. The summed E-state index contributed by atoms with van der Waals surface area (Å²) < 4.78 is 59.2. The van der Waals surface area contributed by atoms with Crippen LogP contribution in [0.1, 0.15) is 11.6 Å². The maximum atomic E-state index is 13.5. The Labute approximate surface area is 138 Å². The molecule has 0 unspecified atom stereocenters. The highest BCUT2D eigenvalue weighted by Gasteiger charge is 2.32. The van der Waals surface area contributed by atoms with Gasteiger partial charge in [0.1, 0.15) is 18.2 Å². The number of hydrogen-bond acceptors (Lipinski definition) is 4. The normalized spacial score (nSPS) is 17.3. The molecule has 1 aromatic carbocycles. The highest BCUT2D eigenvalue weighted by atomic mass is 35.5. The van der Waals surface area contributed by atoms with Crippen LogP contribution in [0.2, 0.25) is 0 Å². The Kier molecular flexibility index (Phi) is 7.37. The van der Waals surface area contributed by atoms with Crippen LogP contribution in [0.15, 0.2) is 18.2 Å². The van der Waals surface area contributed by atoms with Gasteiger partial charge in [0.05, 0.1) is 13.2 Å². The van der Waals surface area contributed by atoms with Crippen LogP contribution in [0.4, 0.5) is 17.6 Å². The first kappa shape index (κ1) is 19.8. The molecule has 0 spiro atoms. The van der Waals surface area contributed by atoms with Crippen LogP contribution < -0.4 is 14.8 Å². The first-order chi connectivity index (χ1) is 10.4. The highest BCUT2D eigenvalue weighted by Crippen LogP contribution is 2.34. The van der Waals surface area contributed by atoms with E-state index in [1.165, 1.54) is 19.2 Å². The van der Waals surface area contributed by atoms with Crippen LogP contribution in [-0.4, -0.2) is 51.2 Å². The van der Waals surface area contributed by atoms with E-state index in [4.69, 9.17) is 4.74 Å². The fraction of sp³-hybridized carbons (Fsp3) is 0.571. The Morgan fingerprint density at radius 2 is 1.91 bits per heavy atom. The molecule has 132 valence electrons. The van der Waals surface area contributed by atoms with Gasteiger partial charge in [-0.05, 0) is 12.1 Å². The molecule has 1 fully saturated rings. The van der Waals surface area contributed by atoms with Crippen LogP contribution >= 0.6 is 12.4 Å². The third-order valence-corrected chi connectivity index (χ3v) is 3.54. The van der Waals surface area contributed by atoms with Crippen LogP contribution in [0.25, 0.3) is 0 Å². The molecule has 1 aromatic rings. The van der Waals surface area contributed by atoms with Crippen molar-refractivity contribution in [2.75, 3.05) is 40.0 Å². The average molecular weight is 359 g/mol. The van der Waals surface area contributed by atoms with Crippen molar-refractivity contribution in [3.8, 4) is 11.5 Å². The van der Waals surface area contributed by atoms with Crippen molar-refractivity contribution in [3.05, 3.63) is 23.8 Å². The molecule has 0 amide bonds. The zero-order valence-corrected chi connectivity index (χ0v) is 13.3. The summed E-state index contributed by atoms with van der Waals surface area (Å²) in [7, 11) is 1.34. The van der Waals surface area contributed by atoms with Crippen molar-refractivity contribution >= 4 is 12.4 Å². The number of ether oxygens (including phenoxy) is 2. The summed E-state index contributed by atoms with van der Waals surface area (Å²) in [6.45, 7) is 2.18. The van der Waals surface area contributed by atoms with E-state index in [2.05, 4.69) is 10.1 Å². The van der Waals surface area contributed by atoms with Crippen LogP contribution in [-0.2, 0) is 0 Å². The Balaban J connectivity index is 0.00000264. The highest BCUT2D eigenvalue weighted by molar-refractivity contribution is 5.85. The van der Waals surface area contributed by atoms with Gasteiger partial charge in [-0.25, -0.2) is 4.39 Å². The molecule has 0 aromatic heterocycles. The summed E-state index contributed by atoms with van der Waals surface area (Å²) in [4.78, 5) is 1.94. The molecule has 2 rings (SSSR count). The van der Waals surface area contributed by atoms with Gasteiger partial charge in [0.15, 0.2) is 0 Å². The van der Waals surface area contributed by atoms with E-state index < -0.39 is 19.1 Å². The van der Waals surface area contributed by atoms with Crippen molar-refractivity contribution in [1.82, 2.24) is 10.2 Å². The van der Waals surface area contributed by atoms with Gasteiger partial charge in [0.25, 0.3) is 0 Å². The molecular formula is C14H19ClF4N2O2. The molecule has 23 heavy (non-hydrogen) atoms. The summed E-state index contributed by atoms with van der Waals surface area (Å²) in [6, 6.07) is 3.19. The minimum Gasteiger partial charge on any atom is -0.496 e. The number of hydrogen-bond donors (Lipinski definition) is 1. The number of nitrogens with one attached hydrogen (secondary N) is 1. The SMILES string of the molecule is COc1cc(OC(F)(F)F)ccc1[C@@H](CF)N1CCNCC1.Cl. The molecule has 0 saturated carbocycles. The maximum absolute atomic E-state index is 13.5. The van der Waals surface area contributed by atoms with E-state index in [9.17, 15) is 17.6 Å². The summed E-state index contributed by atoms with van der Waals surface area (Å²) in [5, 5.41) is 3.17. The first-order valence-corrected chi connectivity index (χ1v) is 6.89. The van der Waals surface area contributed by atoms with Gasteiger partial charge in [-0.2, -0.15) is 0 Å². The van der Waals surface area contributed by atoms with Crippen LogP contribution in [0.3, 0.4) is 0 Å². The van der Waals surface area contributed by atoms with Crippen molar-refractivity contribution in [3.63, 3.8) is 0 Å². The minimum absolute atomic E-state index is 0. The fourth-order valence-corrected chi connectivity index (χ4v) is 2.54. The van der Waals surface area contributed by atoms with Gasteiger partial charge in [-0.1, -0.05) is 0 Å². The van der Waals surface area contributed by atoms with Gasteiger partial charge in [0.2, 0.25) is 0 Å². The van der Waals surface area contributed by atoms with Crippen LogP contribution in [0, 0.1) is 0 Å². The number of rotatable bonds is 5. The lowest BCUT2D eigenvalue weighted by Crippen LogP contribution is -2.45. The fourth-order valence-electron chi connectivity index (χ4n) is 2.54. The number of methoxy groups -OCH3 is 1. The van der Waals surface area contributed by atoms with Gasteiger partial charge in [0, 0.05) is 37.8 Å². The second kappa shape index (κ2) is 8.56. The van der Waals surface area contributed by atoms with E-state index in [0.29, 0.717) is 18.7 Å². The second-order valence-electron chi connectivity index (χ2n) is 4.91. The zero-order chi connectivity index (χ0) is 16.2. The number of alkyl halides is 4. The average Bonchev–Trinajstić information content (AvgIpc) is 2.48. The number of nitrogens with zero attached hydrogens (tertiary/aromatic N) is 1.